The minimum atomic E-state index is -0.669. The number of hydrogen-bond donors (Lipinski definition) is 5. The van der Waals surface area contributed by atoms with Crippen molar-refractivity contribution < 1.29 is 15.0 Å². The van der Waals surface area contributed by atoms with E-state index in [0.29, 0.717) is 47.0 Å². The third kappa shape index (κ3) is 6.23. The monoisotopic (exact) mass is 519 g/mol. The first-order valence-corrected chi connectivity index (χ1v) is 15.7. The van der Waals surface area contributed by atoms with Crippen molar-refractivity contribution in [3.63, 3.8) is 0 Å². The Hall–Kier alpha value is -0.690. The van der Waals surface area contributed by atoms with Crippen LogP contribution in [0.2, 0.25) is 0 Å². The highest BCUT2D eigenvalue weighted by Crippen LogP contribution is 2.68. The summed E-state index contributed by atoms with van der Waals surface area (Å²) >= 11 is 0. The second-order valence-electron chi connectivity index (χ2n) is 14.0. The maximum Gasteiger partial charge on any atom is 0.303 e. The van der Waals surface area contributed by atoms with Gasteiger partial charge in [-0.15, -0.1) is 0 Å². The molecule has 6 nitrogen and oxygen atoms in total. The third-order valence-electron chi connectivity index (χ3n) is 12.0. The summed E-state index contributed by atoms with van der Waals surface area (Å²) in [6.45, 7) is 11.4. The van der Waals surface area contributed by atoms with E-state index in [-0.39, 0.29) is 17.9 Å². The van der Waals surface area contributed by atoms with Crippen LogP contribution >= 0.6 is 0 Å². The summed E-state index contributed by atoms with van der Waals surface area (Å²) in [5.74, 6) is 2.69. The number of aliphatic carboxylic acids is 1. The van der Waals surface area contributed by atoms with Crippen molar-refractivity contribution in [1.82, 2.24) is 10.6 Å². The highest BCUT2D eigenvalue weighted by molar-refractivity contribution is 5.66. The molecule has 4 unspecified atom stereocenters. The van der Waals surface area contributed by atoms with Gasteiger partial charge in [-0.1, -0.05) is 20.8 Å². The van der Waals surface area contributed by atoms with Crippen molar-refractivity contribution in [2.45, 2.75) is 116 Å². The lowest BCUT2D eigenvalue weighted by Crippen LogP contribution is -2.59. The van der Waals surface area contributed by atoms with E-state index >= 15 is 0 Å². The van der Waals surface area contributed by atoms with Gasteiger partial charge in [0, 0.05) is 12.5 Å². The molecule has 4 aliphatic carbocycles. The van der Waals surface area contributed by atoms with Gasteiger partial charge in [0.15, 0.2) is 0 Å². The lowest BCUT2D eigenvalue weighted by atomic mass is 9.43. The first-order chi connectivity index (χ1) is 17.7. The van der Waals surface area contributed by atoms with Gasteiger partial charge in [-0.3, -0.25) is 4.79 Å². The van der Waals surface area contributed by atoms with E-state index in [2.05, 4.69) is 31.4 Å². The Labute approximate surface area is 226 Å². The number of carboxylic acid groups (broad SMARTS) is 1. The summed E-state index contributed by atoms with van der Waals surface area (Å²) in [6, 6.07) is 0.596. The normalized spacial score (nSPS) is 42.0. The van der Waals surface area contributed by atoms with E-state index in [1.165, 1.54) is 57.8 Å². The summed E-state index contributed by atoms with van der Waals surface area (Å²) < 4.78 is 0. The molecule has 0 aliphatic heterocycles. The molecule has 6 N–H and O–H groups in total. The van der Waals surface area contributed by atoms with Crippen LogP contribution in [0, 0.1) is 46.3 Å². The number of nitrogens with two attached hydrogens (primary N) is 1. The molecule has 37 heavy (non-hydrogen) atoms. The molecule has 0 aromatic rings. The first kappa shape index (κ1) is 29.3. The van der Waals surface area contributed by atoms with Crippen LogP contribution in [-0.4, -0.2) is 54.5 Å². The van der Waals surface area contributed by atoms with Crippen molar-refractivity contribution in [3.8, 4) is 0 Å². The summed E-state index contributed by atoms with van der Waals surface area (Å²) in [5.41, 5.74) is 6.19. The zero-order chi connectivity index (χ0) is 26.6. The smallest absolute Gasteiger partial charge is 0.303 e. The molecule has 4 rings (SSSR count). The van der Waals surface area contributed by atoms with E-state index in [0.717, 1.165) is 45.4 Å². The average Bonchev–Trinajstić information content (AvgIpc) is 3.22. The van der Waals surface area contributed by atoms with Crippen LogP contribution < -0.4 is 16.4 Å². The fourth-order valence-electron chi connectivity index (χ4n) is 9.97. The fourth-order valence-corrected chi connectivity index (χ4v) is 9.97. The van der Waals surface area contributed by atoms with Crippen LogP contribution in [0.4, 0.5) is 0 Å². The number of hydrogen-bond acceptors (Lipinski definition) is 5. The van der Waals surface area contributed by atoms with Crippen LogP contribution in [0.15, 0.2) is 0 Å². The Kier molecular flexibility index (Phi) is 10.0. The van der Waals surface area contributed by atoms with E-state index < -0.39 is 5.97 Å². The first-order valence-electron chi connectivity index (χ1n) is 15.7. The lowest BCUT2D eigenvalue weighted by Gasteiger charge is -2.62. The van der Waals surface area contributed by atoms with Gasteiger partial charge in [-0.05, 0) is 150 Å². The van der Waals surface area contributed by atoms with Gasteiger partial charge in [-0.2, -0.15) is 0 Å². The molecule has 4 saturated carbocycles. The highest BCUT2D eigenvalue weighted by Gasteiger charge is 2.62. The van der Waals surface area contributed by atoms with E-state index in [1.54, 1.807) is 0 Å². The quantitative estimate of drug-likeness (QED) is 0.224. The van der Waals surface area contributed by atoms with E-state index in [9.17, 15) is 15.0 Å². The predicted octanol–water partition coefficient (Wildman–Crippen LogP) is 4.79. The molecule has 214 valence electrons. The number of fused-ring (bicyclic) bond motifs is 5. The van der Waals surface area contributed by atoms with Crippen molar-refractivity contribution >= 4 is 5.97 Å². The standard InChI is InChI=1S/C31H57N3O3/c1-21(7-10-28(36)37)24-8-9-25-29-26(12-14-31(24,25)3)30(2)13-11-23(19-22(30)20-27(29)35)34-18-6-17-33-16-5-4-15-32/h21-27,29,33-35H,4-20,32H2,1-3H3,(H,36,37)/t21-,22?,23-,24+,25?,26?,27-,29?,30-,31+/m0/s1. The molecule has 0 amide bonds. The zero-order valence-corrected chi connectivity index (χ0v) is 24.0. The van der Waals surface area contributed by atoms with Gasteiger partial charge in [0.1, 0.15) is 0 Å². The van der Waals surface area contributed by atoms with Crippen LogP contribution in [0.5, 0.6) is 0 Å². The summed E-state index contributed by atoms with van der Waals surface area (Å²) in [6.07, 6.45) is 14.1. The fraction of sp³-hybridized carbons (Fsp3) is 0.968. The SMILES string of the molecule is C[C@@H](CCC(=O)O)[C@H]1CCC2C3C(CC[C@@]21C)[C@@]1(C)CC[C@H](NCCCNCCCCN)CC1C[C@@H]3O. The molecule has 0 radical (unpaired) electrons. The minimum Gasteiger partial charge on any atom is -0.481 e. The maximum atomic E-state index is 11.6. The number of carboxylic acids is 1. The zero-order valence-electron chi connectivity index (χ0n) is 24.0. The number of carbonyl (C=O) groups is 1. The Balaban J connectivity index is 1.31. The number of unbranched alkanes of at least 4 members (excludes halogenated alkanes) is 1. The van der Waals surface area contributed by atoms with Gasteiger partial charge >= 0.3 is 5.97 Å². The highest BCUT2D eigenvalue weighted by atomic mass is 16.4. The van der Waals surface area contributed by atoms with Gasteiger partial charge in [0.25, 0.3) is 0 Å². The van der Waals surface area contributed by atoms with Crippen LogP contribution in [0.1, 0.15) is 104 Å². The topological polar surface area (TPSA) is 108 Å². The molecule has 0 spiro atoms. The Morgan fingerprint density at radius 2 is 1.70 bits per heavy atom. The molecular weight excluding hydrogens is 462 g/mol. The number of aliphatic hydroxyl groups is 1. The molecule has 6 heteroatoms. The van der Waals surface area contributed by atoms with Gasteiger partial charge in [-0.25, -0.2) is 0 Å². The molecule has 10 atom stereocenters. The van der Waals surface area contributed by atoms with Crippen LogP contribution in [-0.2, 0) is 4.79 Å². The van der Waals surface area contributed by atoms with Gasteiger partial charge in [0.05, 0.1) is 6.10 Å². The molecule has 0 heterocycles. The van der Waals surface area contributed by atoms with Gasteiger partial charge in [0.2, 0.25) is 0 Å². The Morgan fingerprint density at radius 1 is 0.973 bits per heavy atom. The number of rotatable bonds is 13. The second kappa shape index (κ2) is 12.7. The summed E-state index contributed by atoms with van der Waals surface area (Å²) in [4.78, 5) is 11.2. The summed E-state index contributed by atoms with van der Waals surface area (Å²) in [7, 11) is 0. The minimum absolute atomic E-state index is 0.169. The lowest BCUT2D eigenvalue weighted by molar-refractivity contribution is -0.167. The largest absolute Gasteiger partial charge is 0.481 e. The van der Waals surface area contributed by atoms with Crippen LogP contribution in [0.3, 0.4) is 0 Å². The summed E-state index contributed by atoms with van der Waals surface area (Å²) in [5, 5.41) is 28.2. The maximum absolute atomic E-state index is 11.6. The van der Waals surface area contributed by atoms with E-state index in [4.69, 9.17) is 5.73 Å². The molecule has 0 bridgehead atoms. The average molecular weight is 520 g/mol. The Morgan fingerprint density at radius 3 is 2.46 bits per heavy atom. The van der Waals surface area contributed by atoms with Crippen molar-refractivity contribution in [1.29, 1.82) is 0 Å². The molecule has 4 aliphatic rings. The van der Waals surface area contributed by atoms with E-state index in [1.807, 2.05) is 0 Å². The van der Waals surface area contributed by atoms with Crippen molar-refractivity contribution in [2.24, 2.45) is 52.1 Å². The third-order valence-corrected chi connectivity index (χ3v) is 12.0. The Bertz CT molecular complexity index is 749. The molecule has 4 fully saturated rings. The predicted molar refractivity (Wildman–Crippen MR) is 150 cm³/mol. The van der Waals surface area contributed by atoms with Gasteiger partial charge < -0.3 is 26.6 Å². The second-order valence-corrected chi connectivity index (χ2v) is 14.0. The molecular formula is C31H57N3O3. The number of nitrogens with one attached hydrogen (secondary N) is 2. The van der Waals surface area contributed by atoms with Crippen molar-refractivity contribution in [2.75, 3.05) is 26.2 Å². The van der Waals surface area contributed by atoms with Crippen LogP contribution in [0.25, 0.3) is 0 Å². The van der Waals surface area contributed by atoms with Crippen molar-refractivity contribution in [3.05, 3.63) is 0 Å². The molecule has 0 aromatic carbocycles. The molecule has 0 saturated heterocycles. The molecule has 0 aromatic heterocycles. The number of aliphatic hydroxyl groups excluding tert-OH is 1.